The number of hydrogen-bond acceptors (Lipinski definition) is 4. The molecule has 1 N–H and O–H groups in total. The highest BCUT2D eigenvalue weighted by Crippen LogP contribution is 2.29. The largest absolute Gasteiger partial charge is 0.490 e. The molecule has 0 saturated carbocycles. The Morgan fingerprint density at radius 3 is 2.54 bits per heavy atom. The van der Waals surface area contributed by atoms with Crippen LogP contribution in [0.15, 0.2) is 60.4 Å². The van der Waals surface area contributed by atoms with Crippen LogP contribution < -0.4 is 14.8 Å². The number of carbonyl (C=O) groups is 1. The SMILES string of the molecule is CC(=O)/C(=C/c1ccccc1)Oc1ccccc1OCCC1CCCN1. The number of carbonyl (C=O) groups excluding carboxylic acids is 1. The van der Waals surface area contributed by atoms with Crippen molar-refractivity contribution < 1.29 is 14.3 Å². The van der Waals surface area contributed by atoms with E-state index in [1.54, 1.807) is 6.08 Å². The molecule has 0 bridgehead atoms. The van der Waals surface area contributed by atoms with E-state index in [1.165, 1.54) is 19.8 Å². The highest BCUT2D eigenvalue weighted by molar-refractivity contribution is 5.96. The molecule has 26 heavy (non-hydrogen) atoms. The van der Waals surface area contributed by atoms with Gasteiger partial charge >= 0.3 is 0 Å². The summed E-state index contributed by atoms with van der Waals surface area (Å²) in [7, 11) is 0. The molecule has 3 rings (SSSR count). The smallest absolute Gasteiger partial charge is 0.194 e. The summed E-state index contributed by atoms with van der Waals surface area (Å²) in [5.74, 6) is 1.39. The van der Waals surface area contributed by atoms with E-state index in [1.807, 2.05) is 54.6 Å². The number of ether oxygens (including phenoxy) is 2. The number of rotatable bonds is 8. The minimum atomic E-state index is -0.126. The molecule has 4 nitrogen and oxygen atoms in total. The first-order chi connectivity index (χ1) is 12.7. The second-order valence-corrected chi connectivity index (χ2v) is 6.45. The van der Waals surface area contributed by atoms with Gasteiger partial charge in [-0.25, -0.2) is 0 Å². The lowest BCUT2D eigenvalue weighted by Gasteiger charge is -2.15. The number of benzene rings is 2. The van der Waals surface area contributed by atoms with E-state index in [2.05, 4.69) is 5.32 Å². The van der Waals surface area contributed by atoms with Gasteiger partial charge < -0.3 is 14.8 Å². The summed E-state index contributed by atoms with van der Waals surface area (Å²) < 4.78 is 11.8. The number of hydrogen-bond donors (Lipinski definition) is 1. The van der Waals surface area contributed by atoms with Crippen LogP contribution in [0.3, 0.4) is 0 Å². The van der Waals surface area contributed by atoms with Crippen LogP contribution in [0.1, 0.15) is 31.7 Å². The van der Waals surface area contributed by atoms with E-state index >= 15 is 0 Å². The molecule has 1 fully saturated rings. The van der Waals surface area contributed by atoms with Gasteiger partial charge in [0.25, 0.3) is 0 Å². The van der Waals surface area contributed by atoms with E-state index in [9.17, 15) is 4.79 Å². The molecular formula is C22H25NO3. The van der Waals surface area contributed by atoms with Crippen molar-refractivity contribution in [1.29, 1.82) is 0 Å². The highest BCUT2D eigenvalue weighted by atomic mass is 16.5. The molecule has 0 aliphatic carbocycles. The van der Waals surface area contributed by atoms with Crippen molar-refractivity contribution in [2.45, 2.75) is 32.2 Å². The molecule has 0 spiro atoms. The predicted octanol–water partition coefficient (Wildman–Crippen LogP) is 4.22. The number of Topliss-reactive ketones (excluding diaryl/α,β-unsaturated/α-hetero) is 1. The maximum Gasteiger partial charge on any atom is 0.194 e. The van der Waals surface area contributed by atoms with Crippen molar-refractivity contribution in [3.63, 3.8) is 0 Å². The Balaban J connectivity index is 1.69. The summed E-state index contributed by atoms with van der Waals surface area (Å²) in [6.45, 7) is 3.22. The molecule has 2 aromatic rings. The Bertz CT molecular complexity index is 749. The second-order valence-electron chi connectivity index (χ2n) is 6.45. The lowest BCUT2D eigenvalue weighted by atomic mass is 10.2. The van der Waals surface area contributed by atoms with Gasteiger partial charge in [0, 0.05) is 13.0 Å². The summed E-state index contributed by atoms with van der Waals surface area (Å²) in [6.07, 6.45) is 5.15. The van der Waals surface area contributed by atoms with Gasteiger partial charge in [-0.1, -0.05) is 42.5 Å². The predicted molar refractivity (Wildman–Crippen MR) is 103 cm³/mol. The first-order valence-electron chi connectivity index (χ1n) is 9.13. The zero-order chi connectivity index (χ0) is 18.2. The Kier molecular flexibility index (Phi) is 6.45. The quantitative estimate of drug-likeness (QED) is 0.571. The van der Waals surface area contributed by atoms with Crippen molar-refractivity contribution >= 4 is 11.9 Å². The lowest BCUT2D eigenvalue weighted by Crippen LogP contribution is -2.23. The average molecular weight is 351 g/mol. The fraction of sp³-hybridized carbons (Fsp3) is 0.318. The van der Waals surface area contributed by atoms with E-state index in [-0.39, 0.29) is 5.78 Å². The molecule has 136 valence electrons. The molecular weight excluding hydrogens is 326 g/mol. The molecule has 1 heterocycles. The minimum absolute atomic E-state index is 0.126. The van der Waals surface area contributed by atoms with E-state index < -0.39 is 0 Å². The Morgan fingerprint density at radius 2 is 1.85 bits per heavy atom. The first-order valence-corrected chi connectivity index (χ1v) is 9.13. The summed E-state index contributed by atoms with van der Waals surface area (Å²) in [5, 5.41) is 3.47. The third-order valence-corrected chi connectivity index (χ3v) is 4.40. The fourth-order valence-corrected chi connectivity index (χ4v) is 2.99. The van der Waals surface area contributed by atoms with Crippen LogP contribution in [-0.2, 0) is 4.79 Å². The Morgan fingerprint density at radius 1 is 1.12 bits per heavy atom. The van der Waals surface area contributed by atoms with Crippen molar-refractivity contribution in [1.82, 2.24) is 5.32 Å². The van der Waals surface area contributed by atoms with Gasteiger partial charge in [0.05, 0.1) is 6.61 Å². The van der Waals surface area contributed by atoms with Gasteiger partial charge in [0.2, 0.25) is 0 Å². The zero-order valence-corrected chi connectivity index (χ0v) is 15.1. The number of nitrogens with one attached hydrogen (secondary N) is 1. The van der Waals surface area contributed by atoms with Crippen molar-refractivity contribution in [3.8, 4) is 11.5 Å². The van der Waals surface area contributed by atoms with Gasteiger partial charge in [0.1, 0.15) is 0 Å². The maximum atomic E-state index is 12.0. The molecule has 0 radical (unpaired) electrons. The first kappa shape index (κ1) is 18.2. The standard InChI is InChI=1S/C22H25NO3/c1-17(24)22(16-18-8-3-2-4-9-18)26-21-12-6-5-11-20(21)25-15-13-19-10-7-14-23-19/h2-6,8-9,11-12,16,19,23H,7,10,13-15H2,1H3/b22-16-. The molecule has 1 aliphatic rings. The van der Waals surface area contributed by atoms with Crippen LogP contribution in [0.25, 0.3) is 6.08 Å². The lowest BCUT2D eigenvalue weighted by molar-refractivity contribution is -0.115. The van der Waals surface area contributed by atoms with Crippen molar-refractivity contribution in [2.75, 3.05) is 13.2 Å². The topological polar surface area (TPSA) is 47.6 Å². The molecule has 1 unspecified atom stereocenters. The van der Waals surface area contributed by atoms with E-state index in [0.29, 0.717) is 29.9 Å². The van der Waals surface area contributed by atoms with Crippen LogP contribution in [0, 0.1) is 0 Å². The number of ketones is 1. The van der Waals surface area contributed by atoms with Crippen LogP contribution in [0.4, 0.5) is 0 Å². The second kappa shape index (κ2) is 9.20. The third-order valence-electron chi connectivity index (χ3n) is 4.40. The molecule has 1 saturated heterocycles. The summed E-state index contributed by atoms with van der Waals surface area (Å²) in [4.78, 5) is 12.0. The summed E-state index contributed by atoms with van der Waals surface area (Å²) >= 11 is 0. The Hall–Kier alpha value is -2.59. The monoisotopic (exact) mass is 351 g/mol. The molecule has 0 aromatic heterocycles. The van der Waals surface area contributed by atoms with Gasteiger partial charge in [0.15, 0.2) is 23.0 Å². The van der Waals surface area contributed by atoms with Gasteiger partial charge in [-0.05, 0) is 49.6 Å². The third kappa shape index (κ3) is 5.20. The Labute approximate surface area is 154 Å². The molecule has 1 atom stereocenters. The average Bonchev–Trinajstić information content (AvgIpc) is 3.17. The number of allylic oxidation sites excluding steroid dienone is 1. The van der Waals surface area contributed by atoms with E-state index in [4.69, 9.17) is 9.47 Å². The molecule has 0 amide bonds. The van der Waals surface area contributed by atoms with Crippen LogP contribution in [0.5, 0.6) is 11.5 Å². The summed E-state index contributed by atoms with van der Waals surface area (Å²) in [6, 6.07) is 17.7. The van der Waals surface area contributed by atoms with Crippen LogP contribution >= 0.6 is 0 Å². The van der Waals surface area contributed by atoms with Crippen LogP contribution in [0.2, 0.25) is 0 Å². The minimum Gasteiger partial charge on any atom is -0.490 e. The highest BCUT2D eigenvalue weighted by Gasteiger charge is 2.15. The normalized spacial score (nSPS) is 17.1. The van der Waals surface area contributed by atoms with Crippen molar-refractivity contribution in [2.24, 2.45) is 0 Å². The van der Waals surface area contributed by atoms with E-state index in [0.717, 1.165) is 18.5 Å². The molecule has 1 aliphatic heterocycles. The van der Waals surface area contributed by atoms with Gasteiger partial charge in [-0.3, -0.25) is 4.79 Å². The zero-order valence-electron chi connectivity index (χ0n) is 15.1. The number of para-hydroxylation sites is 2. The van der Waals surface area contributed by atoms with Gasteiger partial charge in [-0.2, -0.15) is 0 Å². The maximum absolute atomic E-state index is 12.0. The van der Waals surface area contributed by atoms with Crippen LogP contribution in [-0.4, -0.2) is 25.0 Å². The summed E-state index contributed by atoms with van der Waals surface area (Å²) in [5.41, 5.74) is 0.920. The van der Waals surface area contributed by atoms with Gasteiger partial charge in [-0.15, -0.1) is 0 Å². The fourth-order valence-electron chi connectivity index (χ4n) is 2.99. The van der Waals surface area contributed by atoms with Crippen molar-refractivity contribution in [3.05, 3.63) is 65.9 Å². The molecule has 2 aromatic carbocycles. The molecule has 4 heteroatoms.